The lowest BCUT2D eigenvalue weighted by Gasteiger charge is -1.98. The van der Waals surface area contributed by atoms with Crippen LogP contribution in [0.1, 0.15) is 16.2 Å². The molecule has 5 nitrogen and oxygen atoms in total. The smallest absolute Gasteiger partial charge is 0.168 e. The zero-order chi connectivity index (χ0) is 12.5. The molecule has 0 bridgehead atoms. The first-order chi connectivity index (χ1) is 8.78. The van der Waals surface area contributed by atoms with E-state index in [4.69, 9.17) is 0 Å². The number of aryl methyl sites for hydroxylation is 1. The van der Waals surface area contributed by atoms with Crippen LogP contribution in [0.15, 0.2) is 30.6 Å². The largest absolute Gasteiger partial charge is 0.296 e. The minimum Gasteiger partial charge on any atom is -0.296 e. The molecule has 0 aliphatic carbocycles. The molecule has 0 saturated heterocycles. The van der Waals surface area contributed by atoms with Gasteiger partial charge in [-0.05, 0) is 25.1 Å². The number of nitrogens with one attached hydrogen (secondary N) is 1. The fraction of sp³-hybridized carbons (Fsp3) is 0.0769. The fourth-order valence-corrected chi connectivity index (χ4v) is 1.91. The number of aromatic amines is 1. The molecule has 3 rings (SSSR count). The van der Waals surface area contributed by atoms with Crippen LogP contribution in [0.2, 0.25) is 0 Å². The predicted molar refractivity (Wildman–Crippen MR) is 67.2 cm³/mol. The van der Waals surface area contributed by atoms with Crippen LogP contribution in [0.5, 0.6) is 0 Å². The SMILES string of the molecule is Cc1cc(-c2n[nH]c3cc(C=O)ncc23)ccn1. The molecular weight excluding hydrogens is 228 g/mol. The fourth-order valence-electron chi connectivity index (χ4n) is 1.91. The minimum atomic E-state index is 0.392. The summed E-state index contributed by atoms with van der Waals surface area (Å²) in [6.07, 6.45) is 4.13. The second kappa shape index (κ2) is 4.03. The van der Waals surface area contributed by atoms with Gasteiger partial charge in [-0.3, -0.25) is 19.9 Å². The zero-order valence-corrected chi connectivity index (χ0v) is 9.71. The molecule has 0 atom stereocenters. The molecule has 0 unspecified atom stereocenters. The van der Waals surface area contributed by atoms with Gasteiger partial charge in [0.25, 0.3) is 0 Å². The summed E-state index contributed by atoms with van der Waals surface area (Å²) >= 11 is 0. The molecule has 1 N–H and O–H groups in total. The Labute approximate surface area is 103 Å². The number of rotatable bonds is 2. The van der Waals surface area contributed by atoms with E-state index in [0.29, 0.717) is 5.69 Å². The average molecular weight is 238 g/mol. The Morgan fingerprint density at radius 2 is 2.17 bits per heavy atom. The van der Waals surface area contributed by atoms with Gasteiger partial charge < -0.3 is 0 Å². The summed E-state index contributed by atoms with van der Waals surface area (Å²) in [5.41, 5.74) is 3.93. The van der Waals surface area contributed by atoms with Crippen molar-refractivity contribution in [2.45, 2.75) is 6.92 Å². The molecule has 0 amide bonds. The van der Waals surface area contributed by atoms with Crippen molar-refractivity contribution in [3.63, 3.8) is 0 Å². The van der Waals surface area contributed by atoms with Crippen molar-refractivity contribution in [2.75, 3.05) is 0 Å². The molecule has 88 valence electrons. The highest BCUT2D eigenvalue weighted by atomic mass is 16.1. The average Bonchev–Trinajstić information content (AvgIpc) is 2.81. The topological polar surface area (TPSA) is 71.5 Å². The van der Waals surface area contributed by atoms with Crippen molar-refractivity contribution in [2.24, 2.45) is 0 Å². The first-order valence-corrected chi connectivity index (χ1v) is 5.50. The van der Waals surface area contributed by atoms with E-state index in [1.54, 1.807) is 18.5 Å². The predicted octanol–water partition coefficient (Wildman–Crippen LogP) is 2.14. The summed E-state index contributed by atoms with van der Waals surface area (Å²) in [6, 6.07) is 5.55. The minimum absolute atomic E-state index is 0.392. The Bertz CT molecular complexity index is 733. The van der Waals surface area contributed by atoms with Gasteiger partial charge in [0.2, 0.25) is 0 Å². The van der Waals surface area contributed by atoms with Crippen LogP contribution in [-0.4, -0.2) is 26.5 Å². The highest BCUT2D eigenvalue weighted by Gasteiger charge is 2.09. The zero-order valence-electron chi connectivity index (χ0n) is 9.71. The highest BCUT2D eigenvalue weighted by Crippen LogP contribution is 2.25. The molecule has 3 aromatic heterocycles. The Balaban J connectivity index is 2.21. The Morgan fingerprint density at radius 1 is 1.28 bits per heavy atom. The maximum absolute atomic E-state index is 10.7. The number of hydrogen-bond acceptors (Lipinski definition) is 4. The van der Waals surface area contributed by atoms with Crippen molar-refractivity contribution in [1.82, 2.24) is 20.2 Å². The number of aromatic nitrogens is 4. The lowest BCUT2D eigenvalue weighted by molar-refractivity contribution is 0.111. The van der Waals surface area contributed by atoms with E-state index in [-0.39, 0.29) is 0 Å². The van der Waals surface area contributed by atoms with Gasteiger partial charge in [0.15, 0.2) is 6.29 Å². The molecule has 0 aliphatic heterocycles. The van der Waals surface area contributed by atoms with Gasteiger partial charge in [0, 0.05) is 29.0 Å². The van der Waals surface area contributed by atoms with Crippen molar-refractivity contribution >= 4 is 17.2 Å². The third-order valence-corrected chi connectivity index (χ3v) is 2.76. The van der Waals surface area contributed by atoms with Crippen LogP contribution in [0.25, 0.3) is 22.2 Å². The van der Waals surface area contributed by atoms with E-state index >= 15 is 0 Å². The van der Waals surface area contributed by atoms with Crippen LogP contribution in [-0.2, 0) is 0 Å². The molecule has 0 fully saturated rings. The van der Waals surface area contributed by atoms with Crippen molar-refractivity contribution < 1.29 is 4.79 Å². The van der Waals surface area contributed by atoms with E-state index < -0.39 is 0 Å². The van der Waals surface area contributed by atoms with E-state index in [1.165, 1.54) is 0 Å². The Kier molecular flexibility index (Phi) is 2.37. The molecule has 3 aromatic rings. The summed E-state index contributed by atoms with van der Waals surface area (Å²) in [5, 5.41) is 8.08. The molecule has 0 saturated carbocycles. The summed E-state index contributed by atoms with van der Waals surface area (Å²) in [5.74, 6) is 0. The maximum Gasteiger partial charge on any atom is 0.168 e. The normalized spacial score (nSPS) is 10.7. The van der Waals surface area contributed by atoms with Crippen LogP contribution in [0, 0.1) is 6.92 Å². The van der Waals surface area contributed by atoms with E-state index in [9.17, 15) is 4.79 Å². The van der Waals surface area contributed by atoms with Crippen LogP contribution < -0.4 is 0 Å². The first-order valence-electron chi connectivity index (χ1n) is 5.50. The third-order valence-electron chi connectivity index (χ3n) is 2.76. The van der Waals surface area contributed by atoms with Crippen LogP contribution >= 0.6 is 0 Å². The Morgan fingerprint density at radius 3 is 2.94 bits per heavy atom. The summed E-state index contributed by atoms with van der Waals surface area (Å²) in [4.78, 5) is 18.9. The van der Waals surface area contributed by atoms with Gasteiger partial charge in [0.05, 0.1) is 5.52 Å². The number of aldehydes is 1. The van der Waals surface area contributed by atoms with Crippen molar-refractivity contribution in [3.8, 4) is 11.3 Å². The second-order valence-corrected chi connectivity index (χ2v) is 4.03. The van der Waals surface area contributed by atoms with Crippen molar-refractivity contribution in [3.05, 3.63) is 42.0 Å². The molecule has 5 heteroatoms. The molecule has 0 spiro atoms. The number of carbonyl (C=O) groups excluding carboxylic acids is 1. The summed E-state index contributed by atoms with van der Waals surface area (Å²) in [6.45, 7) is 1.93. The number of nitrogens with zero attached hydrogens (tertiary/aromatic N) is 3. The molecule has 0 aliphatic rings. The standard InChI is InChI=1S/C13H10N4O/c1-8-4-9(2-3-14-8)13-11-6-15-10(7-18)5-12(11)16-17-13/h2-7H,1H3,(H,16,17). The van der Waals surface area contributed by atoms with E-state index in [2.05, 4.69) is 20.2 Å². The molecular formula is C13H10N4O. The number of fused-ring (bicyclic) bond motifs is 1. The van der Waals surface area contributed by atoms with Gasteiger partial charge >= 0.3 is 0 Å². The summed E-state index contributed by atoms with van der Waals surface area (Å²) in [7, 11) is 0. The van der Waals surface area contributed by atoms with Gasteiger partial charge in [-0.1, -0.05) is 0 Å². The molecule has 3 heterocycles. The quantitative estimate of drug-likeness (QED) is 0.694. The molecule has 0 radical (unpaired) electrons. The number of hydrogen-bond donors (Lipinski definition) is 1. The third kappa shape index (κ3) is 1.66. The Hall–Kier alpha value is -2.56. The summed E-state index contributed by atoms with van der Waals surface area (Å²) < 4.78 is 0. The number of H-pyrrole nitrogens is 1. The van der Waals surface area contributed by atoms with E-state index in [0.717, 1.165) is 34.1 Å². The van der Waals surface area contributed by atoms with Gasteiger partial charge in [-0.2, -0.15) is 5.10 Å². The lowest BCUT2D eigenvalue weighted by Crippen LogP contribution is -1.86. The van der Waals surface area contributed by atoms with Gasteiger partial charge in [0.1, 0.15) is 11.4 Å². The molecule has 18 heavy (non-hydrogen) atoms. The monoisotopic (exact) mass is 238 g/mol. The van der Waals surface area contributed by atoms with Crippen molar-refractivity contribution in [1.29, 1.82) is 0 Å². The molecule has 0 aromatic carbocycles. The first kappa shape index (κ1) is 10.6. The second-order valence-electron chi connectivity index (χ2n) is 4.03. The van der Waals surface area contributed by atoms with Crippen LogP contribution in [0.3, 0.4) is 0 Å². The highest BCUT2D eigenvalue weighted by molar-refractivity contribution is 5.94. The number of pyridine rings is 2. The van der Waals surface area contributed by atoms with E-state index in [1.807, 2.05) is 19.1 Å². The van der Waals surface area contributed by atoms with Gasteiger partial charge in [-0.25, -0.2) is 0 Å². The lowest BCUT2D eigenvalue weighted by atomic mass is 10.1. The van der Waals surface area contributed by atoms with Crippen LogP contribution in [0.4, 0.5) is 0 Å². The number of carbonyl (C=O) groups is 1. The maximum atomic E-state index is 10.7. The van der Waals surface area contributed by atoms with Gasteiger partial charge in [-0.15, -0.1) is 0 Å².